The number of furan rings is 1. The third kappa shape index (κ3) is 5.60. The number of rotatable bonds is 6. The Bertz CT molecular complexity index is 3860. The molecule has 294 valence electrons. The van der Waals surface area contributed by atoms with Gasteiger partial charge in [0.05, 0.1) is 11.0 Å². The second-order valence-electron chi connectivity index (χ2n) is 16.5. The van der Waals surface area contributed by atoms with E-state index in [-0.39, 0.29) is 0 Å². The van der Waals surface area contributed by atoms with Crippen LogP contribution in [0.25, 0.3) is 104 Å². The molecule has 0 unspecified atom stereocenters. The van der Waals surface area contributed by atoms with Gasteiger partial charge in [-0.2, -0.15) is 0 Å². The zero-order valence-electron chi connectivity index (χ0n) is 34.2. The maximum absolute atomic E-state index is 6.46. The van der Waals surface area contributed by atoms with Crippen LogP contribution in [-0.2, 0) is 0 Å². The molecule has 13 rings (SSSR count). The van der Waals surface area contributed by atoms with Gasteiger partial charge in [0, 0.05) is 49.9 Å². The smallest absolute Gasteiger partial charge is 0.143 e. The minimum absolute atomic E-state index is 0.904. The summed E-state index contributed by atoms with van der Waals surface area (Å²) in [5.74, 6) is 0. The average Bonchev–Trinajstić information content (AvgIpc) is 3.91. The van der Waals surface area contributed by atoms with Gasteiger partial charge in [-0.05, 0) is 122 Å². The predicted octanol–water partition coefficient (Wildman–Crippen LogP) is 16.9. The largest absolute Gasteiger partial charge is 0.455 e. The first-order valence-electron chi connectivity index (χ1n) is 21.6. The summed E-state index contributed by atoms with van der Waals surface area (Å²) >= 11 is 0. The SMILES string of the molecule is c1ccc(-n2c3ccccc3c3cc(-c4ccc(N(c5ccc(-c6cccc7c6oc6ccccc67)cc5)c5ccc6c7ccccc7c7ccccc7c6c5)cc4)ccc32)cc1. The van der Waals surface area contributed by atoms with Crippen molar-refractivity contribution >= 4 is 93.1 Å². The zero-order valence-corrected chi connectivity index (χ0v) is 34.2. The average molecular weight is 803 g/mol. The molecule has 0 amide bonds. The number of hydrogen-bond acceptors (Lipinski definition) is 2. The number of para-hydroxylation sites is 4. The summed E-state index contributed by atoms with van der Waals surface area (Å²) in [6, 6.07) is 83.5. The van der Waals surface area contributed by atoms with Crippen molar-refractivity contribution in [1.29, 1.82) is 0 Å². The van der Waals surface area contributed by atoms with Crippen molar-refractivity contribution in [3.8, 4) is 27.9 Å². The third-order valence-electron chi connectivity index (χ3n) is 13.0. The molecule has 11 aromatic carbocycles. The van der Waals surface area contributed by atoms with Gasteiger partial charge in [-0.25, -0.2) is 0 Å². The molecule has 0 atom stereocenters. The van der Waals surface area contributed by atoms with Crippen LogP contribution in [-0.4, -0.2) is 4.57 Å². The number of aromatic nitrogens is 1. The van der Waals surface area contributed by atoms with Gasteiger partial charge in [0.25, 0.3) is 0 Å². The van der Waals surface area contributed by atoms with Crippen molar-refractivity contribution in [2.45, 2.75) is 0 Å². The highest BCUT2D eigenvalue weighted by Crippen LogP contribution is 2.43. The number of fused-ring (bicyclic) bond motifs is 12. The molecule has 13 aromatic rings. The third-order valence-corrected chi connectivity index (χ3v) is 13.0. The van der Waals surface area contributed by atoms with Gasteiger partial charge in [-0.15, -0.1) is 0 Å². The van der Waals surface area contributed by atoms with Crippen LogP contribution in [0.2, 0.25) is 0 Å². The van der Waals surface area contributed by atoms with Crippen LogP contribution in [0.4, 0.5) is 17.1 Å². The van der Waals surface area contributed by atoms with Crippen molar-refractivity contribution in [2.24, 2.45) is 0 Å². The van der Waals surface area contributed by atoms with E-state index in [1.807, 2.05) is 12.1 Å². The summed E-state index contributed by atoms with van der Waals surface area (Å²) in [5.41, 5.74) is 13.2. The summed E-state index contributed by atoms with van der Waals surface area (Å²) in [6.07, 6.45) is 0. The standard InChI is InChI=1S/C60H38N2O/c1-2-13-42(14-3-1)62-57-23-10-8-19-52(57)56-37-41(29-36-58(56)62)39-25-30-43(31-26-39)61(45-34-35-51-49-17-5-4-15-47(49)48-16-6-7-18-50(48)55(51)38-45)44-32-27-40(28-33-44)46-21-12-22-54-53-20-9-11-24-59(53)63-60(46)54/h1-38H. The summed E-state index contributed by atoms with van der Waals surface area (Å²) in [7, 11) is 0. The van der Waals surface area contributed by atoms with E-state index in [4.69, 9.17) is 4.42 Å². The molecule has 0 aliphatic rings. The van der Waals surface area contributed by atoms with Gasteiger partial charge in [-0.3, -0.25) is 0 Å². The van der Waals surface area contributed by atoms with Crippen molar-refractivity contribution < 1.29 is 4.42 Å². The summed E-state index contributed by atoms with van der Waals surface area (Å²) < 4.78 is 8.83. The van der Waals surface area contributed by atoms with E-state index in [2.05, 4.69) is 228 Å². The normalized spacial score (nSPS) is 11.8. The van der Waals surface area contributed by atoms with Crippen LogP contribution in [0.3, 0.4) is 0 Å². The van der Waals surface area contributed by atoms with Crippen LogP contribution in [0.15, 0.2) is 235 Å². The number of nitrogens with zero attached hydrogens (tertiary/aromatic N) is 2. The maximum Gasteiger partial charge on any atom is 0.143 e. The lowest BCUT2D eigenvalue weighted by molar-refractivity contribution is 0.670. The molecule has 0 saturated heterocycles. The van der Waals surface area contributed by atoms with Gasteiger partial charge in [0.15, 0.2) is 0 Å². The van der Waals surface area contributed by atoms with Crippen LogP contribution >= 0.6 is 0 Å². The molecule has 2 aromatic heterocycles. The lowest BCUT2D eigenvalue weighted by atomic mass is 9.94. The molecule has 0 saturated carbocycles. The molecule has 0 fully saturated rings. The van der Waals surface area contributed by atoms with E-state index in [1.54, 1.807) is 0 Å². The molecule has 0 spiro atoms. The summed E-state index contributed by atoms with van der Waals surface area (Å²) in [6.45, 7) is 0. The highest BCUT2D eigenvalue weighted by atomic mass is 16.3. The van der Waals surface area contributed by atoms with Crippen LogP contribution < -0.4 is 4.90 Å². The second-order valence-corrected chi connectivity index (χ2v) is 16.5. The highest BCUT2D eigenvalue weighted by Gasteiger charge is 2.19. The van der Waals surface area contributed by atoms with E-state index in [9.17, 15) is 0 Å². The molecular weight excluding hydrogens is 765 g/mol. The minimum Gasteiger partial charge on any atom is -0.455 e. The summed E-state index contributed by atoms with van der Waals surface area (Å²) in [4.78, 5) is 2.38. The molecule has 0 aliphatic heterocycles. The van der Waals surface area contributed by atoms with Crippen LogP contribution in [0.1, 0.15) is 0 Å². The fourth-order valence-corrected chi connectivity index (χ4v) is 10.1. The zero-order chi connectivity index (χ0) is 41.4. The van der Waals surface area contributed by atoms with Crippen molar-refractivity contribution in [2.75, 3.05) is 4.90 Å². The molecular formula is C60H38N2O. The monoisotopic (exact) mass is 802 g/mol. The Morgan fingerprint density at radius 2 is 0.825 bits per heavy atom. The van der Waals surface area contributed by atoms with Crippen LogP contribution in [0.5, 0.6) is 0 Å². The molecule has 0 aliphatic carbocycles. The molecule has 63 heavy (non-hydrogen) atoms. The number of anilines is 3. The van der Waals surface area contributed by atoms with Gasteiger partial charge in [0.1, 0.15) is 11.2 Å². The summed E-state index contributed by atoms with van der Waals surface area (Å²) in [5, 5.41) is 12.3. The molecule has 3 heteroatoms. The van der Waals surface area contributed by atoms with Gasteiger partial charge in [0.2, 0.25) is 0 Å². The number of benzene rings is 11. The van der Waals surface area contributed by atoms with E-state index in [0.29, 0.717) is 0 Å². The van der Waals surface area contributed by atoms with E-state index >= 15 is 0 Å². The Hall–Kier alpha value is -8.40. The van der Waals surface area contributed by atoms with E-state index < -0.39 is 0 Å². The fourth-order valence-electron chi connectivity index (χ4n) is 10.1. The predicted molar refractivity (Wildman–Crippen MR) is 266 cm³/mol. The minimum atomic E-state index is 0.904. The van der Waals surface area contributed by atoms with Crippen LogP contribution in [0, 0.1) is 0 Å². The first kappa shape index (κ1) is 35.4. The Balaban J connectivity index is 0.950. The molecule has 3 nitrogen and oxygen atoms in total. The fraction of sp³-hybridized carbons (Fsp3) is 0. The molecule has 0 bridgehead atoms. The van der Waals surface area contributed by atoms with Gasteiger partial charge < -0.3 is 13.9 Å². The highest BCUT2D eigenvalue weighted by molar-refractivity contribution is 6.26. The maximum atomic E-state index is 6.46. The Labute approximate surface area is 363 Å². The van der Waals surface area contributed by atoms with E-state index in [1.165, 1.54) is 65.3 Å². The Kier molecular flexibility index (Phi) is 7.91. The second kappa shape index (κ2) is 14.1. The molecule has 2 heterocycles. The van der Waals surface area contributed by atoms with Gasteiger partial charge >= 0.3 is 0 Å². The lowest BCUT2D eigenvalue weighted by Gasteiger charge is -2.26. The van der Waals surface area contributed by atoms with Crippen molar-refractivity contribution in [3.63, 3.8) is 0 Å². The number of hydrogen-bond donors (Lipinski definition) is 0. The molecule has 0 N–H and O–H groups in total. The van der Waals surface area contributed by atoms with Crippen molar-refractivity contribution in [1.82, 2.24) is 4.57 Å². The molecule has 0 radical (unpaired) electrons. The van der Waals surface area contributed by atoms with Crippen molar-refractivity contribution in [3.05, 3.63) is 231 Å². The Morgan fingerprint density at radius 3 is 1.54 bits per heavy atom. The van der Waals surface area contributed by atoms with Gasteiger partial charge in [-0.1, -0.05) is 158 Å². The Morgan fingerprint density at radius 1 is 0.302 bits per heavy atom. The first-order valence-corrected chi connectivity index (χ1v) is 21.6. The lowest BCUT2D eigenvalue weighted by Crippen LogP contribution is -2.10. The first-order chi connectivity index (χ1) is 31.2. The van der Waals surface area contributed by atoms with E-state index in [0.717, 1.165) is 55.8 Å². The quantitative estimate of drug-likeness (QED) is 0.156. The topological polar surface area (TPSA) is 21.3 Å².